The number of rotatable bonds is 2. The molecule has 2 rings (SSSR count). The molecule has 0 saturated carbocycles. The topological polar surface area (TPSA) is 53.2 Å². The first-order valence-electron chi connectivity index (χ1n) is 6.28. The van der Waals surface area contributed by atoms with Crippen molar-refractivity contribution < 1.29 is 4.79 Å². The van der Waals surface area contributed by atoms with E-state index in [9.17, 15) is 4.79 Å². The maximum atomic E-state index is 11.8. The molecule has 4 nitrogen and oxygen atoms in total. The summed E-state index contributed by atoms with van der Waals surface area (Å²) in [5.41, 5.74) is 0.715. The predicted molar refractivity (Wildman–Crippen MR) is 74.1 cm³/mol. The van der Waals surface area contributed by atoms with Crippen molar-refractivity contribution in [2.45, 2.75) is 25.3 Å². The molecule has 1 aliphatic rings. The summed E-state index contributed by atoms with van der Waals surface area (Å²) in [6, 6.07) is 7.23. The molecule has 3 N–H and O–H groups in total. The van der Waals surface area contributed by atoms with Gasteiger partial charge in [0.05, 0.1) is 0 Å². The zero-order chi connectivity index (χ0) is 12.8. The van der Waals surface area contributed by atoms with Crippen LogP contribution in [0.1, 0.15) is 19.3 Å². The fourth-order valence-corrected chi connectivity index (χ4v) is 2.27. The molecule has 0 aliphatic carbocycles. The third-order valence-corrected chi connectivity index (χ3v) is 3.23. The number of benzene rings is 1. The molecule has 0 bridgehead atoms. The van der Waals surface area contributed by atoms with Gasteiger partial charge in [0.15, 0.2) is 0 Å². The molecule has 98 valence electrons. The number of carbonyl (C=O) groups excluding carboxylic acids is 1. The van der Waals surface area contributed by atoms with Crippen LogP contribution in [0.2, 0.25) is 5.02 Å². The zero-order valence-electron chi connectivity index (χ0n) is 10.2. The first-order valence-corrected chi connectivity index (χ1v) is 6.65. The minimum absolute atomic E-state index is 0.163. The summed E-state index contributed by atoms with van der Waals surface area (Å²) in [6.07, 6.45) is 3.10. The smallest absolute Gasteiger partial charge is 0.319 e. The van der Waals surface area contributed by atoms with Crippen molar-refractivity contribution in [1.82, 2.24) is 10.6 Å². The lowest BCUT2D eigenvalue weighted by Crippen LogP contribution is -2.38. The fourth-order valence-electron chi connectivity index (χ4n) is 2.08. The molecule has 1 atom stereocenters. The third kappa shape index (κ3) is 4.20. The number of hydrogen-bond acceptors (Lipinski definition) is 2. The minimum Gasteiger partial charge on any atom is -0.335 e. The van der Waals surface area contributed by atoms with Gasteiger partial charge in [0, 0.05) is 16.8 Å². The Bertz CT molecular complexity index is 403. The highest BCUT2D eigenvalue weighted by Crippen LogP contribution is 2.15. The summed E-state index contributed by atoms with van der Waals surface area (Å²) in [6.45, 7) is 2.00. The molecule has 5 heteroatoms. The lowest BCUT2D eigenvalue weighted by atomic mass is 10.1. The van der Waals surface area contributed by atoms with Crippen LogP contribution in [0, 0.1) is 0 Å². The van der Waals surface area contributed by atoms with Crippen molar-refractivity contribution >= 4 is 23.3 Å². The van der Waals surface area contributed by atoms with Crippen molar-refractivity contribution in [2.24, 2.45) is 0 Å². The first-order chi connectivity index (χ1) is 8.74. The van der Waals surface area contributed by atoms with E-state index in [1.807, 2.05) is 12.1 Å². The summed E-state index contributed by atoms with van der Waals surface area (Å²) in [5, 5.41) is 9.72. The zero-order valence-corrected chi connectivity index (χ0v) is 11.0. The number of carbonyl (C=O) groups is 1. The monoisotopic (exact) mass is 267 g/mol. The summed E-state index contributed by atoms with van der Waals surface area (Å²) < 4.78 is 0. The number of hydrogen-bond donors (Lipinski definition) is 3. The molecule has 18 heavy (non-hydrogen) atoms. The van der Waals surface area contributed by atoms with E-state index in [4.69, 9.17) is 11.6 Å². The highest BCUT2D eigenvalue weighted by molar-refractivity contribution is 6.30. The Hall–Kier alpha value is -1.26. The molecule has 1 unspecified atom stereocenters. The third-order valence-electron chi connectivity index (χ3n) is 2.99. The van der Waals surface area contributed by atoms with Crippen molar-refractivity contribution in [3.63, 3.8) is 0 Å². The molecule has 1 saturated heterocycles. The van der Waals surface area contributed by atoms with E-state index in [1.54, 1.807) is 12.1 Å². The molecular weight excluding hydrogens is 250 g/mol. The summed E-state index contributed by atoms with van der Waals surface area (Å²) in [4.78, 5) is 11.8. The molecule has 1 fully saturated rings. The maximum absolute atomic E-state index is 11.8. The van der Waals surface area contributed by atoms with Crippen LogP contribution in [0.3, 0.4) is 0 Å². The van der Waals surface area contributed by atoms with Crippen LogP contribution in [0.4, 0.5) is 10.5 Å². The first kappa shape index (κ1) is 13.2. The van der Waals surface area contributed by atoms with E-state index in [2.05, 4.69) is 16.0 Å². The van der Waals surface area contributed by atoms with Gasteiger partial charge in [-0.3, -0.25) is 0 Å². The summed E-state index contributed by atoms with van der Waals surface area (Å²) >= 11 is 5.86. The maximum Gasteiger partial charge on any atom is 0.319 e. The van der Waals surface area contributed by atoms with E-state index in [-0.39, 0.29) is 12.1 Å². The van der Waals surface area contributed by atoms with Crippen molar-refractivity contribution in [1.29, 1.82) is 0 Å². The van der Waals surface area contributed by atoms with Gasteiger partial charge >= 0.3 is 6.03 Å². The van der Waals surface area contributed by atoms with Gasteiger partial charge in [0.1, 0.15) is 0 Å². The average molecular weight is 268 g/mol. The van der Waals surface area contributed by atoms with Crippen LogP contribution in [-0.4, -0.2) is 25.2 Å². The molecular formula is C13H18ClN3O. The quantitative estimate of drug-likeness (QED) is 0.772. The highest BCUT2D eigenvalue weighted by atomic mass is 35.5. The lowest BCUT2D eigenvalue weighted by Gasteiger charge is -2.16. The fraction of sp³-hybridized carbons (Fsp3) is 0.462. The molecule has 2 amide bonds. The summed E-state index contributed by atoms with van der Waals surface area (Å²) in [7, 11) is 0. The molecule has 0 radical (unpaired) electrons. The van der Waals surface area contributed by atoms with E-state index < -0.39 is 0 Å². The van der Waals surface area contributed by atoms with Gasteiger partial charge < -0.3 is 16.0 Å². The SMILES string of the molecule is O=C(Nc1cccc(Cl)c1)NC1CCCNCC1. The Morgan fingerprint density at radius 2 is 2.22 bits per heavy atom. The van der Waals surface area contributed by atoms with Crippen LogP contribution in [0.5, 0.6) is 0 Å². The molecule has 1 aromatic carbocycles. The van der Waals surface area contributed by atoms with E-state index in [1.165, 1.54) is 0 Å². The van der Waals surface area contributed by atoms with E-state index >= 15 is 0 Å². The van der Waals surface area contributed by atoms with Crippen molar-refractivity contribution in [3.8, 4) is 0 Å². The van der Waals surface area contributed by atoms with Crippen LogP contribution in [0.15, 0.2) is 24.3 Å². The van der Waals surface area contributed by atoms with E-state index in [0.29, 0.717) is 10.7 Å². The van der Waals surface area contributed by atoms with Crippen LogP contribution in [-0.2, 0) is 0 Å². The number of nitrogens with one attached hydrogen (secondary N) is 3. The van der Waals surface area contributed by atoms with Gasteiger partial charge in [-0.05, 0) is 50.6 Å². The standard InChI is InChI=1S/C13H18ClN3O/c14-10-3-1-4-12(9-10)17-13(18)16-11-5-2-7-15-8-6-11/h1,3-4,9,11,15H,2,5-8H2,(H2,16,17,18). The van der Waals surface area contributed by atoms with Crippen LogP contribution < -0.4 is 16.0 Å². The lowest BCUT2D eigenvalue weighted by molar-refractivity contribution is 0.247. The Morgan fingerprint density at radius 1 is 1.33 bits per heavy atom. The average Bonchev–Trinajstić information content (AvgIpc) is 2.57. The molecule has 0 spiro atoms. The molecule has 1 aromatic rings. The second kappa shape index (κ2) is 6.61. The normalized spacial score (nSPS) is 19.9. The molecule has 1 aliphatic heterocycles. The van der Waals surface area contributed by atoms with Crippen LogP contribution >= 0.6 is 11.6 Å². The second-order valence-corrected chi connectivity index (χ2v) is 4.92. The second-order valence-electron chi connectivity index (χ2n) is 4.49. The Labute approximate surface area is 112 Å². The van der Waals surface area contributed by atoms with Crippen molar-refractivity contribution in [3.05, 3.63) is 29.3 Å². The van der Waals surface area contributed by atoms with Gasteiger partial charge in [-0.25, -0.2) is 4.79 Å². The Morgan fingerprint density at radius 3 is 3.06 bits per heavy atom. The highest BCUT2D eigenvalue weighted by Gasteiger charge is 2.14. The summed E-state index contributed by atoms with van der Waals surface area (Å²) in [5.74, 6) is 0. The minimum atomic E-state index is -0.163. The Kier molecular flexibility index (Phi) is 4.84. The van der Waals surface area contributed by atoms with E-state index in [0.717, 1.165) is 32.4 Å². The number of urea groups is 1. The molecule has 1 heterocycles. The predicted octanol–water partition coefficient (Wildman–Crippen LogP) is 2.60. The number of amides is 2. The van der Waals surface area contributed by atoms with Gasteiger partial charge in [0.25, 0.3) is 0 Å². The largest absolute Gasteiger partial charge is 0.335 e. The van der Waals surface area contributed by atoms with Gasteiger partial charge in [0.2, 0.25) is 0 Å². The van der Waals surface area contributed by atoms with Crippen molar-refractivity contribution in [2.75, 3.05) is 18.4 Å². The van der Waals surface area contributed by atoms with Gasteiger partial charge in [-0.2, -0.15) is 0 Å². The number of halogens is 1. The van der Waals surface area contributed by atoms with Crippen LogP contribution in [0.25, 0.3) is 0 Å². The Balaban J connectivity index is 1.84. The number of anilines is 1. The van der Waals surface area contributed by atoms with Gasteiger partial charge in [-0.15, -0.1) is 0 Å². The van der Waals surface area contributed by atoms with Gasteiger partial charge in [-0.1, -0.05) is 17.7 Å². The molecule has 0 aromatic heterocycles.